The summed E-state index contributed by atoms with van der Waals surface area (Å²) in [4.78, 5) is 11.5. The van der Waals surface area contributed by atoms with E-state index in [9.17, 15) is 9.18 Å². The van der Waals surface area contributed by atoms with Crippen LogP contribution in [0.4, 0.5) is 4.39 Å². The number of benzene rings is 1. The van der Waals surface area contributed by atoms with Crippen molar-refractivity contribution in [1.82, 2.24) is 0 Å². The number of halogens is 1. The minimum absolute atomic E-state index is 0.0219. The number of hydrogen-bond donors (Lipinski definition) is 0. The molecule has 1 rings (SSSR count). The maximum absolute atomic E-state index is 13.1. The number of hydrogen-bond acceptors (Lipinski definition) is 2. The van der Waals surface area contributed by atoms with E-state index in [1.165, 1.54) is 32.2 Å². The van der Waals surface area contributed by atoms with Gasteiger partial charge in [0.25, 0.3) is 0 Å². The molecule has 3 heteroatoms. The van der Waals surface area contributed by atoms with Gasteiger partial charge in [-0.25, -0.2) is 4.39 Å². The van der Waals surface area contributed by atoms with E-state index in [0.717, 1.165) is 0 Å². The zero-order valence-electron chi connectivity index (χ0n) is 9.43. The highest BCUT2D eigenvalue weighted by Gasteiger charge is 2.29. The summed E-state index contributed by atoms with van der Waals surface area (Å²) < 4.78 is 18.2. The van der Waals surface area contributed by atoms with E-state index < -0.39 is 5.41 Å². The van der Waals surface area contributed by atoms with Gasteiger partial charge in [-0.05, 0) is 39.0 Å². The maximum atomic E-state index is 13.1. The normalized spacial score (nSPS) is 11.3. The molecule has 0 aliphatic heterocycles. The van der Waals surface area contributed by atoms with Crippen LogP contribution in [0.2, 0.25) is 0 Å². The Kier molecular flexibility index (Phi) is 3.12. The van der Waals surface area contributed by atoms with E-state index in [2.05, 4.69) is 0 Å². The van der Waals surface area contributed by atoms with E-state index in [0.29, 0.717) is 11.3 Å². The lowest BCUT2D eigenvalue weighted by atomic mass is 9.80. The molecule has 0 aliphatic rings. The molecule has 0 saturated carbocycles. The summed E-state index contributed by atoms with van der Waals surface area (Å²) in [7, 11) is 1.51. The molecule has 0 N–H and O–H groups in total. The molecule has 0 fully saturated rings. The van der Waals surface area contributed by atoms with Crippen molar-refractivity contribution in [3.8, 4) is 5.75 Å². The van der Waals surface area contributed by atoms with Crippen LogP contribution >= 0.6 is 0 Å². The van der Waals surface area contributed by atoms with Crippen LogP contribution in [0.1, 0.15) is 26.3 Å². The van der Waals surface area contributed by atoms with Crippen LogP contribution in [-0.2, 0) is 10.2 Å². The van der Waals surface area contributed by atoms with Gasteiger partial charge in [0.2, 0.25) is 0 Å². The van der Waals surface area contributed by atoms with Gasteiger partial charge >= 0.3 is 0 Å². The first-order valence-electron chi connectivity index (χ1n) is 4.74. The van der Waals surface area contributed by atoms with Gasteiger partial charge < -0.3 is 4.74 Å². The van der Waals surface area contributed by atoms with Crippen molar-refractivity contribution in [2.75, 3.05) is 7.11 Å². The van der Waals surface area contributed by atoms with E-state index in [-0.39, 0.29) is 11.6 Å². The lowest BCUT2D eigenvalue weighted by Gasteiger charge is -2.24. The molecule has 0 amide bonds. The molecule has 1 aromatic rings. The second-order valence-corrected chi connectivity index (χ2v) is 4.03. The SMILES string of the molecule is COc1ccc(F)cc1C(C)(C)C(C)=O. The Balaban J connectivity index is 3.34. The average Bonchev–Trinajstić information content (AvgIpc) is 2.17. The summed E-state index contributed by atoms with van der Waals surface area (Å²) >= 11 is 0. The number of methoxy groups -OCH3 is 1. The number of ether oxygens (including phenoxy) is 1. The first kappa shape index (κ1) is 11.7. The number of rotatable bonds is 3. The number of carbonyl (C=O) groups excluding carboxylic acids is 1. The summed E-state index contributed by atoms with van der Waals surface area (Å²) in [5.74, 6) is 0.156. The summed E-state index contributed by atoms with van der Waals surface area (Å²) in [6, 6.07) is 4.20. The van der Waals surface area contributed by atoms with Crippen molar-refractivity contribution < 1.29 is 13.9 Å². The van der Waals surface area contributed by atoms with Crippen LogP contribution in [0, 0.1) is 5.82 Å². The van der Waals surface area contributed by atoms with E-state index in [1.54, 1.807) is 13.8 Å². The van der Waals surface area contributed by atoms with E-state index >= 15 is 0 Å². The minimum atomic E-state index is -0.729. The monoisotopic (exact) mass is 210 g/mol. The minimum Gasteiger partial charge on any atom is -0.496 e. The van der Waals surface area contributed by atoms with Crippen molar-refractivity contribution >= 4 is 5.78 Å². The third-order valence-electron chi connectivity index (χ3n) is 2.72. The van der Waals surface area contributed by atoms with E-state index in [1.807, 2.05) is 0 Å². The van der Waals surface area contributed by atoms with Crippen LogP contribution in [0.25, 0.3) is 0 Å². The van der Waals surface area contributed by atoms with Gasteiger partial charge in [-0.15, -0.1) is 0 Å². The zero-order chi connectivity index (χ0) is 11.6. The molecule has 0 spiro atoms. The molecule has 15 heavy (non-hydrogen) atoms. The molecule has 0 aliphatic carbocycles. The molecule has 0 aromatic heterocycles. The van der Waals surface area contributed by atoms with Gasteiger partial charge in [0, 0.05) is 5.56 Å². The van der Waals surface area contributed by atoms with Gasteiger partial charge in [0.15, 0.2) is 0 Å². The highest BCUT2D eigenvalue weighted by Crippen LogP contribution is 2.32. The summed E-state index contributed by atoms with van der Waals surface area (Å²) in [6.45, 7) is 5.00. The molecule has 2 nitrogen and oxygen atoms in total. The molecule has 0 unspecified atom stereocenters. The lowest BCUT2D eigenvalue weighted by Crippen LogP contribution is -2.27. The van der Waals surface area contributed by atoms with Gasteiger partial charge in [-0.1, -0.05) is 0 Å². The standard InChI is InChI=1S/C12H15FO2/c1-8(14)12(2,3)10-7-9(13)5-6-11(10)15-4/h5-7H,1-4H3. The van der Waals surface area contributed by atoms with Crippen LogP contribution in [0.15, 0.2) is 18.2 Å². The summed E-state index contributed by atoms with van der Waals surface area (Å²) in [5.41, 5.74) is -0.148. The molecule has 0 heterocycles. The Morgan fingerprint density at radius 3 is 2.47 bits per heavy atom. The van der Waals surface area contributed by atoms with Crippen molar-refractivity contribution in [1.29, 1.82) is 0 Å². The topological polar surface area (TPSA) is 26.3 Å². The summed E-state index contributed by atoms with van der Waals surface area (Å²) in [5, 5.41) is 0. The third kappa shape index (κ3) is 2.17. The fourth-order valence-corrected chi connectivity index (χ4v) is 1.36. The van der Waals surface area contributed by atoms with Gasteiger partial charge in [-0.3, -0.25) is 4.79 Å². The molecule has 0 bridgehead atoms. The molecular weight excluding hydrogens is 195 g/mol. The molecule has 0 saturated heterocycles. The van der Waals surface area contributed by atoms with Crippen LogP contribution in [-0.4, -0.2) is 12.9 Å². The second kappa shape index (κ2) is 4.01. The maximum Gasteiger partial charge on any atom is 0.139 e. The predicted octanol–water partition coefficient (Wildman–Crippen LogP) is 2.70. The molecule has 0 radical (unpaired) electrons. The van der Waals surface area contributed by atoms with Crippen molar-refractivity contribution in [2.24, 2.45) is 0 Å². The van der Waals surface area contributed by atoms with Crippen LogP contribution in [0.3, 0.4) is 0 Å². The fourth-order valence-electron chi connectivity index (χ4n) is 1.36. The van der Waals surface area contributed by atoms with Crippen LogP contribution in [0.5, 0.6) is 5.75 Å². The van der Waals surface area contributed by atoms with Gasteiger partial charge in [0.1, 0.15) is 17.3 Å². The molecule has 1 aromatic carbocycles. The predicted molar refractivity (Wildman–Crippen MR) is 56.7 cm³/mol. The quantitative estimate of drug-likeness (QED) is 0.766. The highest BCUT2D eigenvalue weighted by atomic mass is 19.1. The Bertz CT molecular complexity index is 383. The Hall–Kier alpha value is -1.38. The van der Waals surface area contributed by atoms with Crippen molar-refractivity contribution in [3.05, 3.63) is 29.6 Å². The van der Waals surface area contributed by atoms with Crippen molar-refractivity contribution in [3.63, 3.8) is 0 Å². The molecule has 0 atom stereocenters. The smallest absolute Gasteiger partial charge is 0.139 e. The Morgan fingerprint density at radius 1 is 1.40 bits per heavy atom. The zero-order valence-corrected chi connectivity index (χ0v) is 9.43. The third-order valence-corrected chi connectivity index (χ3v) is 2.72. The van der Waals surface area contributed by atoms with Crippen molar-refractivity contribution in [2.45, 2.75) is 26.2 Å². The first-order valence-corrected chi connectivity index (χ1v) is 4.74. The van der Waals surface area contributed by atoms with Crippen LogP contribution < -0.4 is 4.74 Å². The first-order chi connectivity index (χ1) is 6.89. The fraction of sp³-hybridized carbons (Fsp3) is 0.417. The van der Waals surface area contributed by atoms with Gasteiger partial charge in [0.05, 0.1) is 12.5 Å². The number of ketones is 1. The van der Waals surface area contributed by atoms with E-state index in [4.69, 9.17) is 4.74 Å². The summed E-state index contributed by atoms with van der Waals surface area (Å²) in [6.07, 6.45) is 0. The Morgan fingerprint density at radius 2 is 2.00 bits per heavy atom. The second-order valence-electron chi connectivity index (χ2n) is 4.03. The largest absolute Gasteiger partial charge is 0.496 e. The Labute approximate surface area is 89.1 Å². The number of carbonyl (C=O) groups is 1. The number of Topliss-reactive ketones (excluding diaryl/α,β-unsaturated/α-hetero) is 1. The highest BCUT2D eigenvalue weighted by molar-refractivity contribution is 5.87. The average molecular weight is 210 g/mol. The van der Waals surface area contributed by atoms with Gasteiger partial charge in [-0.2, -0.15) is 0 Å². The molecule has 82 valence electrons. The lowest BCUT2D eigenvalue weighted by molar-refractivity contribution is -0.121. The molecular formula is C12H15FO2.